The Hall–Kier alpha value is -0.880. The number of carbonyl (C=O) groups excluding carboxylic acids is 2. The van der Waals surface area contributed by atoms with Gasteiger partial charge in [0.1, 0.15) is 6.04 Å². The van der Waals surface area contributed by atoms with Gasteiger partial charge in [0.25, 0.3) is 5.91 Å². The van der Waals surface area contributed by atoms with E-state index in [9.17, 15) is 9.59 Å². The number of ether oxygens (including phenoxy) is 1. The Kier molecular flexibility index (Phi) is 5.21. The van der Waals surface area contributed by atoms with Crippen LogP contribution in [0, 0.1) is 0 Å². The first-order valence-electron chi connectivity index (χ1n) is 6.38. The van der Waals surface area contributed by atoms with Gasteiger partial charge in [-0.1, -0.05) is 15.9 Å². The van der Waals surface area contributed by atoms with Gasteiger partial charge in [0.2, 0.25) is 0 Å². The van der Waals surface area contributed by atoms with Crippen molar-refractivity contribution in [2.75, 3.05) is 13.7 Å². The number of hydrogen-bond acceptors (Lipinski definition) is 3. The van der Waals surface area contributed by atoms with Crippen LogP contribution in [-0.2, 0) is 9.53 Å². The summed E-state index contributed by atoms with van der Waals surface area (Å²) in [6.45, 7) is 0.581. The zero-order valence-electron chi connectivity index (χ0n) is 11.1. The SMILES string of the molecule is COC(=O)[C@H]1CCCCN1C(=O)c1cc(Br)ccc1Br. The molecule has 0 radical (unpaired) electrons. The Balaban J connectivity index is 2.30. The lowest BCUT2D eigenvalue weighted by molar-refractivity contribution is -0.147. The van der Waals surface area contributed by atoms with Crippen LogP contribution in [-0.4, -0.2) is 36.5 Å². The van der Waals surface area contributed by atoms with Crippen molar-refractivity contribution in [3.05, 3.63) is 32.7 Å². The van der Waals surface area contributed by atoms with E-state index in [1.165, 1.54) is 7.11 Å². The maximum Gasteiger partial charge on any atom is 0.328 e. The second kappa shape index (κ2) is 6.72. The van der Waals surface area contributed by atoms with Gasteiger partial charge in [-0.3, -0.25) is 4.79 Å². The minimum Gasteiger partial charge on any atom is -0.467 e. The molecule has 1 amide bonds. The van der Waals surface area contributed by atoms with E-state index < -0.39 is 6.04 Å². The van der Waals surface area contributed by atoms with E-state index in [0.29, 0.717) is 18.5 Å². The molecule has 4 nitrogen and oxygen atoms in total. The number of benzene rings is 1. The summed E-state index contributed by atoms with van der Waals surface area (Å²) >= 11 is 6.75. The Labute approximate surface area is 134 Å². The van der Waals surface area contributed by atoms with Crippen LogP contribution in [0.15, 0.2) is 27.1 Å². The van der Waals surface area contributed by atoms with Gasteiger partial charge in [-0.05, 0) is 53.4 Å². The van der Waals surface area contributed by atoms with Crippen LogP contribution < -0.4 is 0 Å². The molecule has 1 heterocycles. The van der Waals surface area contributed by atoms with Gasteiger partial charge >= 0.3 is 5.97 Å². The van der Waals surface area contributed by atoms with E-state index in [0.717, 1.165) is 21.8 Å². The number of esters is 1. The molecule has 108 valence electrons. The molecule has 0 bridgehead atoms. The Bertz CT molecular complexity index is 533. The fourth-order valence-electron chi connectivity index (χ4n) is 2.37. The van der Waals surface area contributed by atoms with Crippen molar-refractivity contribution in [3.63, 3.8) is 0 Å². The number of likely N-dealkylation sites (tertiary alicyclic amines) is 1. The van der Waals surface area contributed by atoms with E-state index in [-0.39, 0.29) is 11.9 Å². The lowest BCUT2D eigenvalue weighted by Crippen LogP contribution is -2.48. The van der Waals surface area contributed by atoms with Crippen molar-refractivity contribution < 1.29 is 14.3 Å². The van der Waals surface area contributed by atoms with Gasteiger partial charge in [0.05, 0.1) is 12.7 Å². The fraction of sp³-hybridized carbons (Fsp3) is 0.429. The first kappa shape index (κ1) is 15.5. The number of methoxy groups -OCH3 is 1. The van der Waals surface area contributed by atoms with Crippen molar-refractivity contribution in [1.29, 1.82) is 0 Å². The molecule has 0 unspecified atom stereocenters. The maximum atomic E-state index is 12.7. The molecular weight excluding hydrogens is 390 g/mol. The molecule has 1 saturated heterocycles. The molecule has 1 atom stereocenters. The molecule has 0 spiro atoms. The van der Waals surface area contributed by atoms with Crippen LogP contribution in [0.25, 0.3) is 0 Å². The number of rotatable bonds is 2. The van der Waals surface area contributed by atoms with Crippen molar-refractivity contribution >= 4 is 43.7 Å². The highest BCUT2D eigenvalue weighted by molar-refractivity contribution is 9.11. The largest absolute Gasteiger partial charge is 0.467 e. The van der Waals surface area contributed by atoms with Crippen LogP contribution in [0.3, 0.4) is 0 Å². The average Bonchev–Trinajstić information content (AvgIpc) is 2.48. The number of carbonyl (C=O) groups is 2. The second-order valence-electron chi connectivity index (χ2n) is 4.66. The molecule has 1 aliphatic rings. The summed E-state index contributed by atoms with van der Waals surface area (Å²) in [5, 5.41) is 0. The minimum atomic E-state index is -0.480. The number of piperidine rings is 1. The van der Waals surface area contributed by atoms with Crippen LogP contribution in [0.2, 0.25) is 0 Å². The molecule has 1 fully saturated rings. The summed E-state index contributed by atoms with van der Waals surface area (Å²) in [7, 11) is 1.36. The number of hydrogen-bond donors (Lipinski definition) is 0. The van der Waals surface area contributed by atoms with Gasteiger partial charge in [-0.15, -0.1) is 0 Å². The monoisotopic (exact) mass is 403 g/mol. The van der Waals surface area contributed by atoms with Crippen LogP contribution in [0.5, 0.6) is 0 Å². The number of amides is 1. The molecule has 0 saturated carbocycles. The Morgan fingerprint density at radius 2 is 2.05 bits per heavy atom. The predicted molar refractivity (Wildman–Crippen MR) is 82.5 cm³/mol. The van der Waals surface area contributed by atoms with Crippen molar-refractivity contribution in [3.8, 4) is 0 Å². The second-order valence-corrected chi connectivity index (χ2v) is 6.43. The summed E-state index contributed by atoms with van der Waals surface area (Å²) < 4.78 is 6.36. The molecule has 1 aromatic carbocycles. The summed E-state index contributed by atoms with van der Waals surface area (Å²) in [4.78, 5) is 26.1. The maximum absolute atomic E-state index is 12.7. The smallest absolute Gasteiger partial charge is 0.328 e. The van der Waals surface area contributed by atoms with Gasteiger partial charge in [-0.25, -0.2) is 4.79 Å². The van der Waals surface area contributed by atoms with E-state index in [1.54, 1.807) is 11.0 Å². The Morgan fingerprint density at radius 1 is 1.30 bits per heavy atom. The van der Waals surface area contributed by atoms with Crippen molar-refractivity contribution in [2.45, 2.75) is 25.3 Å². The Morgan fingerprint density at radius 3 is 2.75 bits per heavy atom. The summed E-state index contributed by atoms with van der Waals surface area (Å²) in [6, 6.07) is 4.95. The highest BCUT2D eigenvalue weighted by Crippen LogP contribution is 2.26. The third kappa shape index (κ3) is 3.23. The van der Waals surface area contributed by atoms with E-state index in [4.69, 9.17) is 4.74 Å². The lowest BCUT2D eigenvalue weighted by atomic mass is 10.0. The lowest BCUT2D eigenvalue weighted by Gasteiger charge is -2.34. The third-order valence-corrected chi connectivity index (χ3v) is 4.58. The molecule has 6 heteroatoms. The molecule has 20 heavy (non-hydrogen) atoms. The standard InChI is InChI=1S/C14H15Br2NO3/c1-20-14(19)12-4-2-3-7-17(12)13(18)10-8-9(15)5-6-11(10)16/h5-6,8,12H,2-4,7H2,1H3/t12-/m1/s1. The van der Waals surface area contributed by atoms with E-state index in [2.05, 4.69) is 31.9 Å². The highest BCUT2D eigenvalue weighted by Gasteiger charge is 2.33. The van der Waals surface area contributed by atoms with Crippen LogP contribution in [0.4, 0.5) is 0 Å². The van der Waals surface area contributed by atoms with Gasteiger partial charge < -0.3 is 9.64 Å². The third-order valence-electron chi connectivity index (χ3n) is 3.40. The number of halogens is 2. The van der Waals surface area contributed by atoms with Gasteiger partial charge in [0, 0.05) is 15.5 Å². The molecular formula is C14H15Br2NO3. The molecule has 0 N–H and O–H groups in total. The first-order valence-corrected chi connectivity index (χ1v) is 7.97. The van der Waals surface area contributed by atoms with E-state index >= 15 is 0 Å². The molecule has 0 aliphatic carbocycles. The average molecular weight is 405 g/mol. The summed E-state index contributed by atoms with van der Waals surface area (Å²) in [5.41, 5.74) is 0.551. The molecule has 1 aromatic rings. The summed E-state index contributed by atoms with van der Waals surface area (Å²) in [5.74, 6) is -0.488. The molecule has 1 aliphatic heterocycles. The van der Waals surface area contributed by atoms with E-state index in [1.807, 2.05) is 12.1 Å². The highest BCUT2D eigenvalue weighted by atomic mass is 79.9. The van der Waals surface area contributed by atoms with Crippen LogP contribution in [0.1, 0.15) is 29.6 Å². The normalized spacial score (nSPS) is 18.8. The van der Waals surface area contributed by atoms with Gasteiger partial charge in [0.15, 0.2) is 0 Å². The first-order chi connectivity index (χ1) is 9.54. The molecule has 0 aromatic heterocycles. The van der Waals surface area contributed by atoms with Gasteiger partial charge in [-0.2, -0.15) is 0 Å². The zero-order valence-corrected chi connectivity index (χ0v) is 14.2. The quantitative estimate of drug-likeness (QED) is 0.710. The predicted octanol–water partition coefficient (Wildman–Crippen LogP) is 3.38. The fourth-order valence-corrected chi connectivity index (χ4v) is 3.15. The van der Waals surface area contributed by atoms with Crippen molar-refractivity contribution in [2.24, 2.45) is 0 Å². The zero-order chi connectivity index (χ0) is 14.7. The molecule has 2 rings (SSSR count). The van der Waals surface area contributed by atoms with Crippen molar-refractivity contribution in [1.82, 2.24) is 4.90 Å². The minimum absolute atomic E-state index is 0.145. The van der Waals surface area contributed by atoms with Crippen LogP contribution >= 0.6 is 31.9 Å². The number of nitrogens with zero attached hydrogens (tertiary/aromatic N) is 1. The summed E-state index contributed by atoms with van der Waals surface area (Å²) in [6.07, 6.45) is 2.50. The topological polar surface area (TPSA) is 46.6 Å².